The average molecular weight is 370 g/mol. The Bertz CT molecular complexity index is 574. The van der Waals surface area contributed by atoms with E-state index in [-0.39, 0.29) is 12.5 Å². The number of benzene rings is 2. The van der Waals surface area contributed by atoms with Crippen LogP contribution in [-0.4, -0.2) is 18.3 Å². The second-order valence-electron chi connectivity index (χ2n) is 4.94. The van der Waals surface area contributed by atoms with E-state index in [2.05, 4.69) is 15.9 Å². The van der Waals surface area contributed by atoms with Crippen LogP contribution in [0, 0.1) is 5.92 Å². The first-order chi connectivity index (χ1) is 10.2. The summed E-state index contributed by atoms with van der Waals surface area (Å²) in [6.07, 6.45) is 1.55. The van der Waals surface area contributed by atoms with E-state index in [1.807, 2.05) is 48.5 Å². The fraction of sp³-hybridized carbons (Fsp3) is 0.294. The lowest BCUT2D eigenvalue weighted by Crippen LogP contribution is -2.14. The first-order valence-corrected chi connectivity index (χ1v) is 8.08. The number of rotatable bonds is 7. The van der Waals surface area contributed by atoms with Crippen LogP contribution in [0.2, 0.25) is 5.02 Å². The predicted octanol–water partition coefficient (Wildman–Crippen LogP) is 4.72. The number of hydrogen-bond donors (Lipinski definition) is 1. The molecule has 0 aliphatic rings. The summed E-state index contributed by atoms with van der Waals surface area (Å²) < 4.78 is 6.71. The van der Waals surface area contributed by atoms with Gasteiger partial charge < -0.3 is 9.84 Å². The second kappa shape index (κ2) is 8.42. The van der Waals surface area contributed by atoms with Crippen LogP contribution in [0.4, 0.5) is 0 Å². The number of aliphatic hydroxyl groups is 1. The summed E-state index contributed by atoms with van der Waals surface area (Å²) in [5.41, 5.74) is 1.07. The van der Waals surface area contributed by atoms with Crippen LogP contribution >= 0.6 is 27.5 Å². The molecule has 0 fully saturated rings. The van der Waals surface area contributed by atoms with Gasteiger partial charge in [0.15, 0.2) is 0 Å². The maximum absolute atomic E-state index is 9.51. The minimum atomic E-state index is 0.132. The molecule has 21 heavy (non-hydrogen) atoms. The van der Waals surface area contributed by atoms with Crippen molar-refractivity contribution in [3.8, 4) is 5.75 Å². The van der Waals surface area contributed by atoms with Crippen LogP contribution in [0.15, 0.2) is 53.0 Å². The van der Waals surface area contributed by atoms with Crippen molar-refractivity contribution in [2.45, 2.75) is 12.8 Å². The maximum atomic E-state index is 9.51. The minimum absolute atomic E-state index is 0.132. The van der Waals surface area contributed by atoms with E-state index in [0.717, 1.165) is 33.6 Å². The Hall–Kier alpha value is -1.03. The summed E-state index contributed by atoms with van der Waals surface area (Å²) in [4.78, 5) is 0. The standard InChI is InChI=1S/C17H18BrClO2/c18-15-5-3-6-16(11-15)21-9-8-13(12-20)10-14-4-1-2-7-17(14)19/h1-7,11,13,20H,8-10,12H2. The highest BCUT2D eigenvalue weighted by molar-refractivity contribution is 9.10. The van der Waals surface area contributed by atoms with Crippen LogP contribution in [0.25, 0.3) is 0 Å². The lowest BCUT2D eigenvalue weighted by molar-refractivity contribution is 0.190. The molecular weight excluding hydrogens is 352 g/mol. The monoisotopic (exact) mass is 368 g/mol. The molecule has 1 unspecified atom stereocenters. The van der Waals surface area contributed by atoms with Crippen molar-refractivity contribution in [3.05, 3.63) is 63.6 Å². The van der Waals surface area contributed by atoms with E-state index in [9.17, 15) is 5.11 Å². The van der Waals surface area contributed by atoms with Crippen molar-refractivity contribution in [1.29, 1.82) is 0 Å². The minimum Gasteiger partial charge on any atom is -0.494 e. The summed E-state index contributed by atoms with van der Waals surface area (Å²) in [6.45, 7) is 0.708. The van der Waals surface area contributed by atoms with Gasteiger partial charge in [-0.3, -0.25) is 0 Å². The van der Waals surface area contributed by atoms with Crippen molar-refractivity contribution in [3.63, 3.8) is 0 Å². The van der Waals surface area contributed by atoms with E-state index in [4.69, 9.17) is 16.3 Å². The Balaban J connectivity index is 1.84. The van der Waals surface area contributed by atoms with Crippen molar-refractivity contribution >= 4 is 27.5 Å². The van der Waals surface area contributed by atoms with Gasteiger partial charge >= 0.3 is 0 Å². The summed E-state index contributed by atoms with van der Waals surface area (Å²) in [5, 5.41) is 10.3. The zero-order valence-corrected chi connectivity index (χ0v) is 14.0. The highest BCUT2D eigenvalue weighted by Crippen LogP contribution is 2.21. The normalized spacial score (nSPS) is 12.1. The highest BCUT2D eigenvalue weighted by Gasteiger charge is 2.11. The van der Waals surface area contributed by atoms with E-state index in [1.165, 1.54) is 0 Å². The van der Waals surface area contributed by atoms with Gasteiger partial charge in [-0.1, -0.05) is 51.8 Å². The van der Waals surface area contributed by atoms with Gasteiger partial charge in [0.05, 0.1) is 6.61 Å². The largest absolute Gasteiger partial charge is 0.494 e. The lowest BCUT2D eigenvalue weighted by atomic mass is 9.97. The van der Waals surface area contributed by atoms with Crippen molar-refractivity contribution in [2.75, 3.05) is 13.2 Å². The van der Waals surface area contributed by atoms with Gasteiger partial charge in [-0.15, -0.1) is 0 Å². The van der Waals surface area contributed by atoms with Crippen molar-refractivity contribution in [1.82, 2.24) is 0 Å². The second-order valence-corrected chi connectivity index (χ2v) is 6.26. The molecule has 1 atom stereocenters. The van der Waals surface area contributed by atoms with E-state index in [1.54, 1.807) is 0 Å². The van der Waals surface area contributed by atoms with E-state index < -0.39 is 0 Å². The van der Waals surface area contributed by atoms with Gasteiger partial charge in [-0.2, -0.15) is 0 Å². The molecular formula is C17H18BrClO2. The van der Waals surface area contributed by atoms with Gasteiger partial charge in [0.2, 0.25) is 0 Å². The molecule has 2 aromatic carbocycles. The number of hydrogen-bond acceptors (Lipinski definition) is 2. The summed E-state index contributed by atoms with van der Waals surface area (Å²) in [5.74, 6) is 0.982. The number of ether oxygens (including phenoxy) is 1. The third kappa shape index (κ3) is 5.34. The fourth-order valence-electron chi connectivity index (χ4n) is 2.13. The number of halogens is 2. The molecule has 4 heteroatoms. The van der Waals surface area contributed by atoms with Crippen LogP contribution in [0.1, 0.15) is 12.0 Å². The average Bonchev–Trinajstić information content (AvgIpc) is 2.48. The molecule has 0 heterocycles. The predicted molar refractivity (Wildman–Crippen MR) is 90.0 cm³/mol. The summed E-state index contributed by atoms with van der Waals surface area (Å²) in [6, 6.07) is 15.5. The molecule has 2 aromatic rings. The highest BCUT2D eigenvalue weighted by atomic mass is 79.9. The van der Waals surface area contributed by atoms with Crippen molar-refractivity contribution in [2.24, 2.45) is 5.92 Å². The zero-order valence-electron chi connectivity index (χ0n) is 11.6. The van der Waals surface area contributed by atoms with Gasteiger partial charge in [0.25, 0.3) is 0 Å². The Labute approximate surface area is 138 Å². The van der Waals surface area contributed by atoms with Gasteiger partial charge in [0.1, 0.15) is 5.75 Å². The number of aliphatic hydroxyl groups excluding tert-OH is 1. The molecule has 0 spiro atoms. The third-order valence-corrected chi connectivity index (χ3v) is 4.18. The quantitative estimate of drug-likeness (QED) is 0.765. The SMILES string of the molecule is OCC(CCOc1cccc(Br)c1)Cc1ccccc1Cl. The van der Waals surface area contributed by atoms with Crippen LogP contribution in [0.3, 0.4) is 0 Å². The third-order valence-electron chi connectivity index (χ3n) is 3.32. The Morgan fingerprint density at radius 1 is 1.14 bits per heavy atom. The van der Waals surface area contributed by atoms with Crippen LogP contribution < -0.4 is 4.74 Å². The summed E-state index contributed by atoms with van der Waals surface area (Å²) >= 11 is 9.57. The molecule has 0 radical (unpaired) electrons. The Morgan fingerprint density at radius 3 is 2.67 bits per heavy atom. The summed E-state index contributed by atoms with van der Waals surface area (Å²) in [7, 11) is 0. The molecule has 2 nitrogen and oxygen atoms in total. The molecule has 0 amide bonds. The maximum Gasteiger partial charge on any atom is 0.120 e. The Kier molecular flexibility index (Phi) is 6.55. The van der Waals surface area contributed by atoms with Gasteiger partial charge in [0, 0.05) is 16.1 Å². The van der Waals surface area contributed by atoms with Gasteiger partial charge in [-0.25, -0.2) is 0 Å². The molecule has 0 aromatic heterocycles. The molecule has 1 N–H and O–H groups in total. The van der Waals surface area contributed by atoms with Crippen molar-refractivity contribution < 1.29 is 9.84 Å². The molecule has 0 aliphatic heterocycles. The molecule has 0 saturated heterocycles. The lowest BCUT2D eigenvalue weighted by Gasteiger charge is -2.15. The van der Waals surface area contributed by atoms with Crippen LogP contribution in [-0.2, 0) is 6.42 Å². The van der Waals surface area contributed by atoms with E-state index >= 15 is 0 Å². The van der Waals surface area contributed by atoms with Crippen LogP contribution in [0.5, 0.6) is 5.75 Å². The van der Waals surface area contributed by atoms with E-state index in [0.29, 0.717) is 6.61 Å². The molecule has 0 bridgehead atoms. The smallest absolute Gasteiger partial charge is 0.120 e. The molecule has 2 rings (SSSR count). The first kappa shape index (κ1) is 16.3. The topological polar surface area (TPSA) is 29.5 Å². The fourth-order valence-corrected chi connectivity index (χ4v) is 2.72. The Morgan fingerprint density at radius 2 is 1.95 bits per heavy atom. The molecule has 112 valence electrons. The molecule has 0 aliphatic carbocycles. The zero-order chi connectivity index (χ0) is 15.1. The van der Waals surface area contributed by atoms with Gasteiger partial charge in [-0.05, 0) is 48.6 Å². The molecule has 0 saturated carbocycles. The first-order valence-electron chi connectivity index (χ1n) is 6.91.